The third-order valence-electron chi connectivity index (χ3n) is 17.9. The van der Waals surface area contributed by atoms with Crippen LogP contribution in [0, 0.1) is 5.92 Å². The summed E-state index contributed by atoms with van der Waals surface area (Å²) >= 11 is 0. The van der Waals surface area contributed by atoms with Gasteiger partial charge in [-0.3, -0.25) is 9.59 Å². The van der Waals surface area contributed by atoms with Gasteiger partial charge in [0, 0.05) is 25.7 Å². The summed E-state index contributed by atoms with van der Waals surface area (Å²) in [5.74, 6) is 1.29. The molecular weight excluding hydrogens is 1140 g/mol. The average Bonchev–Trinajstić information content (AvgIpc) is 0.822. The molecule has 1 unspecified atom stereocenters. The molecule has 3 rings (SSSR count). The van der Waals surface area contributed by atoms with Gasteiger partial charge in [-0.25, -0.2) is 4.79 Å². The van der Waals surface area contributed by atoms with E-state index < -0.39 is 161 Å². The molecule has 0 radical (unpaired) electrons. The molecule has 88 heavy (non-hydrogen) atoms. The van der Waals surface area contributed by atoms with Crippen LogP contribution in [-0.2, 0) is 42.9 Å². The lowest BCUT2D eigenvalue weighted by atomic mass is 9.74. The van der Waals surface area contributed by atoms with E-state index >= 15 is 0 Å². The van der Waals surface area contributed by atoms with Crippen LogP contribution in [0.5, 0.6) is 0 Å². The Kier molecular flexibility index (Phi) is 42.1. The van der Waals surface area contributed by atoms with Crippen LogP contribution in [-0.4, -0.2) is 204 Å². The Morgan fingerprint density at radius 1 is 0.625 bits per heavy atom. The van der Waals surface area contributed by atoms with Crippen LogP contribution in [0.2, 0.25) is 0 Å². The van der Waals surface area contributed by atoms with E-state index in [2.05, 4.69) is 29.3 Å². The van der Waals surface area contributed by atoms with Crippen molar-refractivity contribution in [3.63, 3.8) is 0 Å². The molecule has 18 atom stereocenters. The number of carbonyl (C=O) groups excluding carboxylic acids is 3. The van der Waals surface area contributed by atoms with E-state index in [4.69, 9.17) is 29.6 Å². The van der Waals surface area contributed by atoms with Crippen LogP contribution in [0.1, 0.15) is 245 Å². The molecule has 3 fully saturated rings. The maximum atomic E-state index is 13.6. The number of amides is 2. The molecule has 0 aromatic carbocycles. The quantitative estimate of drug-likeness (QED) is 0.0214. The van der Waals surface area contributed by atoms with Gasteiger partial charge in [-0.1, -0.05) is 212 Å². The number of allylic oxidation sites excluding steroid dienone is 1. The van der Waals surface area contributed by atoms with Gasteiger partial charge in [0.25, 0.3) is 0 Å². The second-order valence-electron chi connectivity index (χ2n) is 25.3. The first-order valence-corrected chi connectivity index (χ1v) is 34.1. The fourth-order valence-corrected chi connectivity index (χ4v) is 12.5. The molecular formula is C65H121N3O20. The zero-order valence-electron chi connectivity index (χ0n) is 53.7. The number of aliphatic hydroxyl groups is 11. The number of unbranched alkanes of at least 4 members (excludes halogenated alkanes) is 30. The number of aliphatic hydroxyl groups excluding tert-OH is 11. The number of rotatable bonds is 50. The summed E-state index contributed by atoms with van der Waals surface area (Å²) in [6, 6.07) is -2.50. The monoisotopic (exact) mass is 1260 g/mol. The number of ether oxygens (including phenoxy) is 5. The maximum absolute atomic E-state index is 13.6. The van der Waals surface area contributed by atoms with E-state index in [0.29, 0.717) is 12.8 Å². The lowest BCUT2D eigenvalue weighted by molar-refractivity contribution is -0.358. The number of carbonyl (C=O) groups is 3. The van der Waals surface area contributed by atoms with Crippen LogP contribution >= 0.6 is 0 Å². The molecule has 3 aliphatic heterocycles. The van der Waals surface area contributed by atoms with Gasteiger partial charge in [-0.2, -0.15) is 5.90 Å². The third-order valence-corrected chi connectivity index (χ3v) is 17.9. The average molecular weight is 1260 g/mol. The predicted octanol–water partition coefficient (Wildman–Crippen LogP) is 5.11. The Morgan fingerprint density at radius 2 is 1.10 bits per heavy atom. The number of nitrogens with two attached hydrogens (primary N) is 1. The minimum absolute atomic E-state index is 0.214. The number of hydrogen-bond acceptors (Lipinski definition) is 21. The highest BCUT2D eigenvalue weighted by Gasteiger charge is 2.59. The third kappa shape index (κ3) is 28.8. The van der Waals surface area contributed by atoms with Gasteiger partial charge in [0.05, 0.1) is 56.8 Å². The highest BCUT2D eigenvalue weighted by molar-refractivity contribution is 5.80. The second kappa shape index (κ2) is 46.5. The molecule has 2 amide bonds. The van der Waals surface area contributed by atoms with Crippen LogP contribution in [0.3, 0.4) is 0 Å². The summed E-state index contributed by atoms with van der Waals surface area (Å²) in [6.45, 7) is 2.37. The van der Waals surface area contributed by atoms with Crippen molar-refractivity contribution < 1.29 is 99.1 Å². The summed E-state index contributed by atoms with van der Waals surface area (Å²) in [6.07, 6.45) is 15.9. The van der Waals surface area contributed by atoms with Crippen LogP contribution in [0.25, 0.3) is 0 Å². The first-order chi connectivity index (χ1) is 42.4. The Hall–Kier alpha value is -2.53. The molecule has 3 heterocycles. The molecule has 0 aromatic rings. The zero-order chi connectivity index (χ0) is 64.7. The lowest BCUT2D eigenvalue weighted by Gasteiger charge is -2.51. The van der Waals surface area contributed by atoms with Gasteiger partial charge in [-0.05, 0) is 25.7 Å². The highest BCUT2D eigenvalue weighted by Crippen LogP contribution is 2.42. The molecule has 0 saturated carbocycles. The molecule has 15 N–H and O–H groups in total. The van der Waals surface area contributed by atoms with Crippen LogP contribution in [0.4, 0.5) is 0 Å². The van der Waals surface area contributed by atoms with E-state index in [-0.39, 0.29) is 12.3 Å². The van der Waals surface area contributed by atoms with Crippen molar-refractivity contribution >= 4 is 17.8 Å². The summed E-state index contributed by atoms with van der Waals surface area (Å²) < 4.78 is 29.7. The topological polar surface area (TPSA) is 379 Å². The minimum Gasteiger partial charge on any atom is -0.394 e. The lowest BCUT2D eigenvalue weighted by Crippen LogP contribution is -2.69. The molecule has 0 aromatic heterocycles. The Balaban J connectivity index is 1.62. The fraction of sp³-hybridized carbons (Fsp3) is 0.923. The molecule has 23 heteroatoms. The Bertz CT molecular complexity index is 1840. The van der Waals surface area contributed by atoms with Crippen molar-refractivity contribution in [3.8, 4) is 0 Å². The molecule has 0 aliphatic carbocycles. The van der Waals surface area contributed by atoms with Crippen LogP contribution < -0.4 is 16.5 Å². The van der Waals surface area contributed by atoms with Gasteiger partial charge in [0.1, 0.15) is 54.9 Å². The first kappa shape index (κ1) is 79.7. The van der Waals surface area contributed by atoms with E-state index in [1.807, 2.05) is 6.08 Å². The van der Waals surface area contributed by atoms with Crippen molar-refractivity contribution in [2.75, 3.05) is 26.4 Å². The largest absolute Gasteiger partial charge is 0.394 e. The van der Waals surface area contributed by atoms with Gasteiger partial charge in [-0.15, -0.1) is 0 Å². The fourth-order valence-electron chi connectivity index (χ4n) is 12.5. The van der Waals surface area contributed by atoms with Crippen molar-refractivity contribution in [2.45, 2.75) is 349 Å². The zero-order valence-corrected chi connectivity index (χ0v) is 53.7. The predicted molar refractivity (Wildman–Crippen MR) is 330 cm³/mol. The van der Waals surface area contributed by atoms with E-state index in [1.165, 1.54) is 148 Å². The smallest absolute Gasteiger partial charge is 0.356 e. The summed E-state index contributed by atoms with van der Waals surface area (Å²) in [5, 5.41) is 127. The van der Waals surface area contributed by atoms with Gasteiger partial charge >= 0.3 is 5.97 Å². The molecule has 23 nitrogen and oxygen atoms in total. The van der Waals surface area contributed by atoms with Crippen LogP contribution in [0.15, 0.2) is 12.2 Å². The van der Waals surface area contributed by atoms with Gasteiger partial charge < -0.3 is 95.3 Å². The molecule has 0 spiro atoms. The molecule has 3 aliphatic rings. The minimum atomic E-state index is -2.47. The van der Waals surface area contributed by atoms with Crippen molar-refractivity contribution in [1.29, 1.82) is 0 Å². The highest BCUT2D eigenvalue weighted by atomic mass is 16.7. The number of nitrogens with one attached hydrogen (secondary N) is 2. The van der Waals surface area contributed by atoms with Gasteiger partial charge in [0.15, 0.2) is 18.2 Å². The normalized spacial score (nSPS) is 29.0. The van der Waals surface area contributed by atoms with Crippen molar-refractivity contribution in [1.82, 2.24) is 10.6 Å². The summed E-state index contributed by atoms with van der Waals surface area (Å²) in [4.78, 5) is 43.7. The Morgan fingerprint density at radius 3 is 1.57 bits per heavy atom. The molecule has 516 valence electrons. The first-order valence-electron chi connectivity index (χ1n) is 34.1. The summed E-state index contributed by atoms with van der Waals surface area (Å²) in [7, 11) is 0. The Labute approximate surface area is 525 Å². The van der Waals surface area contributed by atoms with E-state index in [9.17, 15) is 70.6 Å². The standard InChI is InChI=1S/C65H121N3O20/c1-4-6-8-10-12-14-16-18-19-20-21-22-23-24-26-28-30-32-34-36-38-53(76)68-47(48(73)37-35-33-31-29-27-25-17-15-13-11-9-7-5-2)44-83-62-59(81)58(80)60(52(43-71)85-62)86-63-56(78)46(55(77)51(42-70)84-63)39-65(64(82)88-66)40-49(74)54(67-45(3)72)61(87-65)57(79)50(75)41-69/h35,37,46-52,54-63,69-71,73-75,77-81H,4-34,36,38-44,66H2,1-3H3,(H,67,72)(H,68,76)/b37-35+/t46-,47?,48+,49-,50+,51+,52+,54-,55+,56+,57+,58+,59+,60+,61+,62+,63-,65+/m0/s1. The second-order valence-corrected chi connectivity index (χ2v) is 25.3. The van der Waals surface area contributed by atoms with Crippen molar-refractivity contribution in [2.24, 2.45) is 11.8 Å². The van der Waals surface area contributed by atoms with Gasteiger partial charge in [0.2, 0.25) is 11.8 Å². The molecule has 3 saturated heterocycles. The molecule has 0 bridgehead atoms. The van der Waals surface area contributed by atoms with E-state index in [1.54, 1.807) is 6.08 Å². The summed E-state index contributed by atoms with van der Waals surface area (Å²) in [5.41, 5.74) is -2.47. The van der Waals surface area contributed by atoms with Crippen molar-refractivity contribution in [3.05, 3.63) is 12.2 Å². The maximum Gasteiger partial charge on any atom is 0.356 e. The number of hydrogen-bond donors (Lipinski definition) is 14. The van der Waals surface area contributed by atoms with E-state index in [0.717, 1.165) is 51.9 Å². The SMILES string of the molecule is CCCCCCCCCCCCC/C=C/[C@@H](O)C(CO[C@@H]1O[C@H](CO)[C@@H](O[C@@H]2O[C@H](CO)[C@H](O)[C@H](C[C@]3(C(=O)ON)C[C@H](O)[C@H](NC(C)=O)[C@H]([C@H](O)[C@H](O)CO)O3)[C@H]2O)[C@H](O)[C@H]1O)NC(=O)CCCCCCCCCCCCCCCCCCCCCC.